The molecule has 0 saturated heterocycles. The molecule has 0 spiro atoms. The summed E-state index contributed by atoms with van der Waals surface area (Å²) in [5.74, 6) is 0. The molecule has 2 heterocycles. The zero-order valence-electron chi connectivity index (χ0n) is 8.72. The van der Waals surface area contributed by atoms with Crippen LogP contribution in [0.3, 0.4) is 0 Å². The van der Waals surface area contributed by atoms with Crippen LogP contribution in [0.4, 0.5) is 0 Å². The zero-order chi connectivity index (χ0) is 10.3. The van der Waals surface area contributed by atoms with Crippen LogP contribution in [0.25, 0.3) is 6.08 Å². The number of hydrogen-bond donors (Lipinski definition) is 0. The van der Waals surface area contributed by atoms with Gasteiger partial charge in [-0.05, 0) is 36.3 Å². The Morgan fingerprint density at radius 3 is 2.93 bits per heavy atom. The van der Waals surface area contributed by atoms with E-state index in [0.717, 1.165) is 0 Å². The third-order valence-electron chi connectivity index (χ3n) is 3.09. The second-order valence-electron chi connectivity index (χ2n) is 3.98. The summed E-state index contributed by atoms with van der Waals surface area (Å²) in [5, 5.41) is 0. The fourth-order valence-corrected chi connectivity index (χ4v) is 2.28. The SMILES string of the molecule is CC1c2ccccc2C=C2C=CC=CN21. The number of nitrogens with zero attached hydrogens (tertiary/aromatic N) is 1. The fourth-order valence-electron chi connectivity index (χ4n) is 2.28. The highest BCUT2D eigenvalue weighted by Gasteiger charge is 2.22. The van der Waals surface area contributed by atoms with Gasteiger partial charge in [0.25, 0.3) is 0 Å². The lowest BCUT2D eigenvalue weighted by molar-refractivity contribution is 0.374. The van der Waals surface area contributed by atoms with Gasteiger partial charge in [-0.15, -0.1) is 0 Å². The van der Waals surface area contributed by atoms with Crippen LogP contribution in [0, 0.1) is 0 Å². The van der Waals surface area contributed by atoms with E-state index in [1.165, 1.54) is 16.8 Å². The molecule has 0 saturated carbocycles. The largest absolute Gasteiger partial charge is 0.341 e. The highest BCUT2D eigenvalue weighted by Crippen LogP contribution is 2.35. The average Bonchev–Trinajstić information content (AvgIpc) is 2.30. The van der Waals surface area contributed by atoms with Crippen molar-refractivity contribution in [3.8, 4) is 0 Å². The summed E-state index contributed by atoms with van der Waals surface area (Å²) in [6, 6.07) is 9.03. The van der Waals surface area contributed by atoms with E-state index < -0.39 is 0 Å². The van der Waals surface area contributed by atoms with Crippen molar-refractivity contribution in [2.24, 2.45) is 0 Å². The number of fused-ring (bicyclic) bond motifs is 2. The Labute approximate surface area is 90.0 Å². The molecule has 1 atom stereocenters. The lowest BCUT2D eigenvalue weighted by atomic mass is 9.94. The minimum absolute atomic E-state index is 0.433. The standard InChI is InChI=1S/C14H13N/c1-11-14-8-3-2-6-12(14)10-13-7-4-5-9-15(11)13/h2-11H,1H3. The normalized spacial score (nSPS) is 22.1. The van der Waals surface area contributed by atoms with Crippen molar-refractivity contribution >= 4 is 6.08 Å². The van der Waals surface area contributed by atoms with Crippen molar-refractivity contribution in [3.05, 3.63) is 65.5 Å². The number of rotatable bonds is 0. The van der Waals surface area contributed by atoms with E-state index in [9.17, 15) is 0 Å². The van der Waals surface area contributed by atoms with Gasteiger partial charge in [-0.2, -0.15) is 0 Å². The van der Waals surface area contributed by atoms with Crippen LogP contribution in [-0.4, -0.2) is 4.90 Å². The van der Waals surface area contributed by atoms with Gasteiger partial charge in [0.1, 0.15) is 0 Å². The smallest absolute Gasteiger partial charge is 0.0563 e. The lowest BCUT2D eigenvalue weighted by Gasteiger charge is -2.35. The molecule has 0 radical (unpaired) electrons. The maximum atomic E-state index is 2.31. The summed E-state index contributed by atoms with van der Waals surface area (Å²) >= 11 is 0. The summed E-state index contributed by atoms with van der Waals surface area (Å²) < 4.78 is 0. The Morgan fingerprint density at radius 2 is 2.00 bits per heavy atom. The molecule has 0 aromatic heterocycles. The second-order valence-corrected chi connectivity index (χ2v) is 3.98. The van der Waals surface area contributed by atoms with Crippen molar-refractivity contribution < 1.29 is 0 Å². The highest BCUT2D eigenvalue weighted by molar-refractivity contribution is 5.63. The van der Waals surface area contributed by atoms with Crippen LogP contribution in [0.5, 0.6) is 0 Å². The first-order valence-corrected chi connectivity index (χ1v) is 5.30. The summed E-state index contributed by atoms with van der Waals surface area (Å²) in [5.41, 5.74) is 4.03. The Kier molecular flexibility index (Phi) is 1.78. The van der Waals surface area contributed by atoms with Crippen molar-refractivity contribution in [3.63, 3.8) is 0 Å². The highest BCUT2D eigenvalue weighted by atomic mass is 15.2. The molecule has 0 N–H and O–H groups in total. The molecule has 1 nitrogen and oxygen atoms in total. The first kappa shape index (κ1) is 8.54. The summed E-state index contributed by atoms with van der Waals surface area (Å²) in [6.45, 7) is 2.25. The van der Waals surface area contributed by atoms with Crippen LogP contribution >= 0.6 is 0 Å². The molecule has 0 aliphatic carbocycles. The third-order valence-corrected chi connectivity index (χ3v) is 3.09. The topological polar surface area (TPSA) is 3.24 Å². The molecule has 3 rings (SSSR count). The molecule has 0 bridgehead atoms. The Hall–Kier alpha value is -1.76. The molecule has 2 aliphatic heterocycles. The lowest BCUT2D eigenvalue weighted by Crippen LogP contribution is -2.24. The minimum Gasteiger partial charge on any atom is -0.341 e. The molecular formula is C14H13N. The average molecular weight is 195 g/mol. The van der Waals surface area contributed by atoms with Crippen molar-refractivity contribution in [2.75, 3.05) is 0 Å². The van der Waals surface area contributed by atoms with Crippen LogP contribution < -0.4 is 0 Å². The van der Waals surface area contributed by atoms with E-state index in [1.54, 1.807) is 0 Å². The summed E-state index contributed by atoms with van der Waals surface area (Å²) in [7, 11) is 0. The van der Waals surface area contributed by atoms with Gasteiger partial charge in [-0.25, -0.2) is 0 Å². The van der Waals surface area contributed by atoms with Gasteiger partial charge < -0.3 is 4.90 Å². The molecule has 0 fully saturated rings. The van der Waals surface area contributed by atoms with E-state index in [0.29, 0.717) is 6.04 Å². The Balaban J connectivity index is 2.19. The Morgan fingerprint density at radius 1 is 1.13 bits per heavy atom. The van der Waals surface area contributed by atoms with E-state index in [4.69, 9.17) is 0 Å². The van der Waals surface area contributed by atoms with Crippen LogP contribution in [0.1, 0.15) is 24.1 Å². The number of hydrogen-bond acceptors (Lipinski definition) is 1. The molecule has 1 unspecified atom stereocenters. The first-order valence-electron chi connectivity index (χ1n) is 5.30. The first-order chi connectivity index (χ1) is 7.36. The van der Waals surface area contributed by atoms with E-state index in [-0.39, 0.29) is 0 Å². The molecule has 0 amide bonds. The van der Waals surface area contributed by atoms with E-state index in [2.05, 4.69) is 66.6 Å². The number of allylic oxidation sites excluding steroid dienone is 3. The van der Waals surface area contributed by atoms with Gasteiger partial charge >= 0.3 is 0 Å². The van der Waals surface area contributed by atoms with Gasteiger partial charge in [-0.1, -0.05) is 30.3 Å². The minimum atomic E-state index is 0.433. The van der Waals surface area contributed by atoms with Gasteiger partial charge in [-0.3, -0.25) is 0 Å². The van der Waals surface area contributed by atoms with Gasteiger partial charge in [0.05, 0.1) is 6.04 Å². The second kappa shape index (κ2) is 3.13. The van der Waals surface area contributed by atoms with Crippen LogP contribution in [0.2, 0.25) is 0 Å². The predicted molar refractivity (Wildman–Crippen MR) is 63.0 cm³/mol. The monoisotopic (exact) mass is 195 g/mol. The molecule has 15 heavy (non-hydrogen) atoms. The predicted octanol–water partition coefficient (Wildman–Crippen LogP) is 3.49. The van der Waals surface area contributed by atoms with Gasteiger partial charge in [0.2, 0.25) is 0 Å². The summed E-state index contributed by atoms with van der Waals surface area (Å²) in [6.07, 6.45) is 10.7. The van der Waals surface area contributed by atoms with Crippen LogP contribution in [-0.2, 0) is 0 Å². The Bertz CT molecular complexity index is 480. The van der Waals surface area contributed by atoms with Crippen molar-refractivity contribution in [1.29, 1.82) is 0 Å². The number of benzene rings is 1. The van der Waals surface area contributed by atoms with E-state index >= 15 is 0 Å². The maximum absolute atomic E-state index is 2.31. The maximum Gasteiger partial charge on any atom is 0.0563 e. The zero-order valence-corrected chi connectivity index (χ0v) is 8.72. The van der Waals surface area contributed by atoms with E-state index in [1.807, 2.05) is 0 Å². The molecule has 1 aromatic carbocycles. The molecular weight excluding hydrogens is 182 g/mol. The quantitative estimate of drug-likeness (QED) is 0.612. The third kappa shape index (κ3) is 1.23. The van der Waals surface area contributed by atoms with Gasteiger partial charge in [0.15, 0.2) is 0 Å². The molecule has 2 aliphatic rings. The van der Waals surface area contributed by atoms with Crippen molar-refractivity contribution in [2.45, 2.75) is 13.0 Å². The van der Waals surface area contributed by atoms with Gasteiger partial charge in [0, 0.05) is 11.9 Å². The fraction of sp³-hybridized carbons (Fsp3) is 0.143. The van der Waals surface area contributed by atoms with Crippen LogP contribution in [0.15, 0.2) is 54.4 Å². The summed E-state index contributed by atoms with van der Waals surface area (Å²) in [4.78, 5) is 2.31. The van der Waals surface area contributed by atoms with Crippen molar-refractivity contribution in [1.82, 2.24) is 4.90 Å². The molecule has 1 heteroatoms. The molecule has 74 valence electrons. The molecule has 1 aromatic rings.